The van der Waals surface area contributed by atoms with E-state index in [1.165, 1.54) is 23.5 Å². The summed E-state index contributed by atoms with van der Waals surface area (Å²) in [6, 6.07) is 0. The van der Waals surface area contributed by atoms with Crippen molar-refractivity contribution in [3.63, 3.8) is 0 Å². The van der Waals surface area contributed by atoms with Gasteiger partial charge < -0.3 is 9.47 Å². The Kier molecular flexibility index (Phi) is 12.9. The number of carbonyl (C=O) groups is 2. The normalized spacial score (nSPS) is 15.0. The first-order valence-corrected chi connectivity index (χ1v) is 10.5. The quantitative estimate of drug-likeness (QED) is 0.393. The third-order valence-electron chi connectivity index (χ3n) is 3.47. The van der Waals surface area contributed by atoms with E-state index < -0.39 is 0 Å². The van der Waals surface area contributed by atoms with Crippen molar-refractivity contribution in [2.45, 2.75) is 69.5 Å². The summed E-state index contributed by atoms with van der Waals surface area (Å²) in [5.74, 6) is -0.388. The van der Waals surface area contributed by atoms with Gasteiger partial charge in [-0.05, 0) is 39.2 Å². The highest BCUT2D eigenvalue weighted by molar-refractivity contribution is 8.00. The minimum atomic E-state index is -0.205. The molecule has 0 aromatic rings. The number of hydrogen-bond acceptors (Lipinski definition) is 6. The third kappa shape index (κ3) is 9.62. The van der Waals surface area contributed by atoms with E-state index in [1.807, 2.05) is 26.4 Å². The fourth-order valence-corrected chi connectivity index (χ4v) is 2.25. The van der Waals surface area contributed by atoms with Crippen molar-refractivity contribution in [1.82, 2.24) is 0 Å². The molecule has 4 nitrogen and oxygen atoms in total. The predicted molar refractivity (Wildman–Crippen MR) is 95.6 cm³/mol. The summed E-state index contributed by atoms with van der Waals surface area (Å²) in [7, 11) is 0. The van der Waals surface area contributed by atoms with Crippen molar-refractivity contribution >= 4 is 35.5 Å². The first kappa shape index (κ1) is 21.6. The average Bonchev–Trinajstić information content (AvgIpc) is 2.52. The SMILES string of the molecule is CCCCC[C@H](CCOC(=O)[C@H](C)SC)OC(=O)[C@@H](C)SC. The fourth-order valence-electron chi connectivity index (χ4n) is 1.75. The molecule has 0 unspecified atom stereocenters. The van der Waals surface area contributed by atoms with Crippen LogP contribution in [-0.2, 0) is 19.1 Å². The second-order valence-electron chi connectivity index (χ2n) is 5.27. The van der Waals surface area contributed by atoms with E-state index in [4.69, 9.17) is 9.47 Å². The standard InChI is InChI=1S/C16H30O4S2/c1-6-7-8-9-14(20-16(18)13(3)22-5)10-11-19-15(17)12(2)21-4/h12-14H,6-11H2,1-5H3/t12-,13+,14+/m0/s1. The van der Waals surface area contributed by atoms with Gasteiger partial charge in [-0.3, -0.25) is 9.59 Å². The van der Waals surface area contributed by atoms with Crippen LogP contribution in [0, 0.1) is 0 Å². The van der Waals surface area contributed by atoms with Crippen molar-refractivity contribution in [2.75, 3.05) is 19.1 Å². The molecule has 0 radical (unpaired) electrons. The minimum Gasteiger partial charge on any atom is -0.465 e. The maximum Gasteiger partial charge on any atom is 0.319 e. The van der Waals surface area contributed by atoms with Gasteiger partial charge in [0.2, 0.25) is 0 Å². The predicted octanol–water partition coefficient (Wildman–Crippen LogP) is 3.91. The topological polar surface area (TPSA) is 52.6 Å². The summed E-state index contributed by atoms with van der Waals surface area (Å²) in [6.07, 6.45) is 8.29. The van der Waals surface area contributed by atoms with Gasteiger partial charge in [-0.2, -0.15) is 23.5 Å². The van der Waals surface area contributed by atoms with Crippen molar-refractivity contribution in [3.05, 3.63) is 0 Å². The Hall–Kier alpha value is -0.360. The zero-order valence-electron chi connectivity index (χ0n) is 14.4. The molecule has 0 heterocycles. The zero-order valence-corrected chi connectivity index (χ0v) is 16.1. The van der Waals surface area contributed by atoms with Gasteiger partial charge in [0.25, 0.3) is 0 Å². The van der Waals surface area contributed by atoms with Crippen LogP contribution in [0.5, 0.6) is 0 Å². The molecule has 0 aliphatic heterocycles. The van der Waals surface area contributed by atoms with Crippen molar-refractivity contribution < 1.29 is 19.1 Å². The van der Waals surface area contributed by atoms with E-state index >= 15 is 0 Å². The molecule has 3 atom stereocenters. The van der Waals surface area contributed by atoms with Gasteiger partial charge >= 0.3 is 11.9 Å². The van der Waals surface area contributed by atoms with Gasteiger partial charge in [0.1, 0.15) is 6.10 Å². The van der Waals surface area contributed by atoms with Gasteiger partial charge in [0.05, 0.1) is 17.1 Å². The van der Waals surface area contributed by atoms with Crippen LogP contribution < -0.4 is 0 Å². The molecule has 6 heteroatoms. The molecular formula is C16H30O4S2. The largest absolute Gasteiger partial charge is 0.465 e. The summed E-state index contributed by atoms with van der Waals surface area (Å²) in [5, 5.41) is -0.314. The van der Waals surface area contributed by atoms with E-state index in [1.54, 1.807) is 0 Å². The Morgan fingerprint density at radius 1 is 0.955 bits per heavy atom. The van der Waals surface area contributed by atoms with Crippen LogP contribution in [0.15, 0.2) is 0 Å². The summed E-state index contributed by atoms with van der Waals surface area (Å²) < 4.78 is 10.8. The first-order chi connectivity index (χ1) is 10.5. The average molecular weight is 351 g/mol. The fraction of sp³-hybridized carbons (Fsp3) is 0.875. The molecule has 0 bridgehead atoms. The number of unbranched alkanes of at least 4 members (excludes halogenated alkanes) is 2. The van der Waals surface area contributed by atoms with Gasteiger partial charge in [0.15, 0.2) is 0 Å². The Morgan fingerprint density at radius 3 is 2.09 bits per heavy atom. The van der Waals surface area contributed by atoms with Crippen LogP contribution in [0.2, 0.25) is 0 Å². The van der Waals surface area contributed by atoms with E-state index in [-0.39, 0.29) is 28.5 Å². The highest BCUT2D eigenvalue weighted by atomic mass is 32.2. The van der Waals surface area contributed by atoms with Crippen LogP contribution in [-0.4, -0.2) is 47.7 Å². The van der Waals surface area contributed by atoms with Gasteiger partial charge in [-0.1, -0.05) is 19.8 Å². The van der Waals surface area contributed by atoms with Crippen LogP contribution in [0.4, 0.5) is 0 Å². The van der Waals surface area contributed by atoms with E-state index in [0.29, 0.717) is 13.0 Å². The van der Waals surface area contributed by atoms with Crippen LogP contribution >= 0.6 is 23.5 Å². The number of esters is 2. The summed E-state index contributed by atoms with van der Waals surface area (Å²) in [5.41, 5.74) is 0. The highest BCUT2D eigenvalue weighted by Crippen LogP contribution is 2.15. The lowest BCUT2D eigenvalue weighted by molar-refractivity contribution is -0.150. The molecule has 0 fully saturated rings. The van der Waals surface area contributed by atoms with Crippen LogP contribution in [0.1, 0.15) is 52.9 Å². The van der Waals surface area contributed by atoms with Crippen molar-refractivity contribution in [1.29, 1.82) is 0 Å². The van der Waals surface area contributed by atoms with Crippen molar-refractivity contribution in [3.8, 4) is 0 Å². The third-order valence-corrected chi connectivity index (χ3v) is 5.27. The number of hydrogen-bond donors (Lipinski definition) is 0. The van der Waals surface area contributed by atoms with Crippen LogP contribution in [0.25, 0.3) is 0 Å². The molecule has 0 spiro atoms. The maximum absolute atomic E-state index is 11.9. The Balaban J connectivity index is 4.28. The summed E-state index contributed by atoms with van der Waals surface area (Å²) in [6.45, 7) is 6.12. The lowest BCUT2D eigenvalue weighted by Crippen LogP contribution is -2.26. The molecule has 130 valence electrons. The molecule has 0 amide bonds. The van der Waals surface area contributed by atoms with Crippen molar-refractivity contribution in [2.24, 2.45) is 0 Å². The van der Waals surface area contributed by atoms with Gasteiger partial charge in [-0.25, -0.2) is 0 Å². The number of carbonyl (C=O) groups excluding carboxylic acids is 2. The molecule has 0 saturated heterocycles. The maximum atomic E-state index is 11.9. The highest BCUT2D eigenvalue weighted by Gasteiger charge is 2.20. The smallest absolute Gasteiger partial charge is 0.319 e. The first-order valence-electron chi connectivity index (χ1n) is 7.88. The van der Waals surface area contributed by atoms with E-state index in [2.05, 4.69) is 6.92 Å². The monoisotopic (exact) mass is 350 g/mol. The Bertz CT molecular complexity index is 323. The molecule has 0 aliphatic carbocycles. The number of ether oxygens (including phenoxy) is 2. The molecule has 0 N–H and O–H groups in total. The number of thioether (sulfide) groups is 2. The molecular weight excluding hydrogens is 320 g/mol. The zero-order chi connectivity index (χ0) is 17.0. The van der Waals surface area contributed by atoms with Crippen LogP contribution in [0.3, 0.4) is 0 Å². The van der Waals surface area contributed by atoms with E-state index in [0.717, 1.165) is 25.7 Å². The Morgan fingerprint density at radius 2 is 1.55 bits per heavy atom. The molecule has 0 aliphatic rings. The summed E-state index contributed by atoms with van der Waals surface area (Å²) in [4.78, 5) is 23.6. The molecule has 22 heavy (non-hydrogen) atoms. The number of rotatable bonds is 12. The van der Waals surface area contributed by atoms with Gasteiger partial charge in [-0.15, -0.1) is 0 Å². The molecule has 0 aromatic heterocycles. The minimum absolute atomic E-state index is 0.155. The second kappa shape index (κ2) is 13.1. The van der Waals surface area contributed by atoms with E-state index in [9.17, 15) is 9.59 Å². The Labute approximate surface area is 143 Å². The lowest BCUT2D eigenvalue weighted by atomic mass is 10.1. The summed E-state index contributed by atoms with van der Waals surface area (Å²) >= 11 is 2.94. The molecule has 0 saturated carbocycles. The molecule has 0 aromatic carbocycles. The molecule has 0 rings (SSSR count). The second-order valence-corrected chi connectivity index (χ2v) is 7.62. The lowest BCUT2D eigenvalue weighted by Gasteiger charge is -2.20. The van der Waals surface area contributed by atoms with Gasteiger partial charge in [0, 0.05) is 6.42 Å².